The third kappa shape index (κ3) is 5.34. The fourth-order valence-corrected chi connectivity index (χ4v) is 4.50. The van der Waals surface area contributed by atoms with Crippen LogP contribution in [-0.2, 0) is 9.53 Å². The quantitative estimate of drug-likeness (QED) is 0.367. The van der Waals surface area contributed by atoms with E-state index in [-0.39, 0.29) is 5.91 Å². The first-order valence-electron chi connectivity index (χ1n) is 9.91. The number of nitrogens with zero attached hydrogens (tertiary/aromatic N) is 2. The van der Waals surface area contributed by atoms with Crippen LogP contribution < -0.4 is 9.47 Å². The van der Waals surface area contributed by atoms with Crippen molar-refractivity contribution in [1.82, 2.24) is 4.90 Å². The highest BCUT2D eigenvalue weighted by Gasteiger charge is 2.30. The lowest BCUT2D eigenvalue weighted by molar-refractivity contribution is -0.121. The number of halogens is 1. The van der Waals surface area contributed by atoms with Gasteiger partial charge in [-0.05, 0) is 83.5 Å². The molecule has 9 heteroatoms. The Morgan fingerprint density at radius 2 is 2.00 bits per heavy atom. The van der Waals surface area contributed by atoms with Gasteiger partial charge in [0.15, 0.2) is 16.7 Å². The molecule has 0 unspecified atom stereocenters. The molecule has 7 nitrogen and oxygen atoms in total. The highest BCUT2D eigenvalue weighted by atomic mass is 79.9. The van der Waals surface area contributed by atoms with E-state index in [0.29, 0.717) is 46.0 Å². The minimum Gasteiger partial charge on any atom is -0.493 e. The molecule has 2 aromatic rings. The number of aliphatic imine (C=N–C) groups is 1. The Morgan fingerprint density at radius 3 is 2.69 bits per heavy atom. The number of likely N-dealkylation sites (N-methyl/N-ethyl adjacent to an activating group) is 1. The van der Waals surface area contributed by atoms with E-state index in [1.807, 2.05) is 19.1 Å². The minimum absolute atomic E-state index is 0.167. The van der Waals surface area contributed by atoms with Crippen LogP contribution in [0.1, 0.15) is 29.8 Å². The second-order valence-corrected chi connectivity index (χ2v) is 8.47. The Labute approximate surface area is 199 Å². The van der Waals surface area contributed by atoms with Gasteiger partial charge in [0, 0.05) is 7.05 Å². The number of ether oxygens (including phenoxy) is 3. The zero-order valence-electron chi connectivity index (χ0n) is 18.2. The molecule has 1 heterocycles. The number of hydrogen-bond donors (Lipinski definition) is 0. The van der Waals surface area contributed by atoms with Gasteiger partial charge >= 0.3 is 5.97 Å². The number of amides is 1. The fourth-order valence-electron chi connectivity index (χ4n) is 2.94. The lowest BCUT2D eigenvalue weighted by Crippen LogP contribution is -2.23. The average molecular weight is 519 g/mol. The zero-order valence-corrected chi connectivity index (χ0v) is 20.6. The maximum absolute atomic E-state index is 12.8. The molecule has 168 valence electrons. The number of hydrogen-bond acceptors (Lipinski definition) is 7. The van der Waals surface area contributed by atoms with E-state index >= 15 is 0 Å². The number of carbonyl (C=O) groups excluding carboxylic acids is 2. The van der Waals surface area contributed by atoms with Crippen LogP contribution in [0.15, 0.2) is 50.8 Å². The van der Waals surface area contributed by atoms with Gasteiger partial charge in [-0.3, -0.25) is 9.69 Å². The minimum atomic E-state index is -0.409. The Balaban J connectivity index is 1.89. The predicted molar refractivity (Wildman–Crippen MR) is 130 cm³/mol. The molecule has 1 fully saturated rings. The Kier molecular flexibility index (Phi) is 7.98. The Morgan fingerprint density at radius 1 is 1.22 bits per heavy atom. The normalized spacial score (nSPS) is 16.0. The molecule has 1 aliphatic rings. The molecule has 0 saturated carbocycles. The summed E-state index contributed by atoms with van der Waals surface area (Å²) in [6, 6.07) is 10.5. The van der Waals surface area contributed by atoms with E-state index in [0.717, 1.165) is 10.0 Å². The van der Waals surface area contributed by atoms with Crippen molar-refractivity contribution in [2.45, 2.75) is 13.8 Å². The van der Waals surface area contributed by atoms with Crippen molar-refractivity contribution in [3.63, 3.8) is 0 Å². The van der Waals surface area contributed by atoms with E-state index in [1.54, 1.807) is 51.4 Å². The number of carbonyl (C=O) groups is 2. The summed E-state index contributed by atoms with van der Waals surface area (Å²) < 4.78 is 16.8. The van der Waals surface area contributed by atoms with Gasteiger partial charge in [-0.1, -0.05) is 6.07 Å². The molecule has 0 atom stereocenters. The van der Waals surface area contributed by atoms with Gasteiger partial charge in [0.2, 0.25) is 0 Å². The fraction of sp³-hybridized carbons (Fsp3) is 0.261. The van der Waals surface area contributed by atoms with Gasteiger partial charge in [-0.2, -0.15) is 0 Å². The van der Waals surface area contributed by atoms with Gasteiger partial charge in [-0.15, -0.1) is 0 Å². The van der Waals surface area contributed by atoms with Crippen LogP contribution in [0.2, 0.25) is 0 Å². The van der Waals surface area contributed by atoms with Crippen LogP contribution >= 0.6 is 27.7 Å². The van der Waals surface area contributed by atoms with Crippen LogP contribution in [0.3, 0.4) is 0 Å². The number of thioether (sulfide) groups is 1. The molecule has 1 amide bonds. The van der Waals surface area contributed by atoms with E-state index in [2.05, 4.69) is 20.9 Å². The van der Waals surface area contributed by atoms with E-state index in [4.69, 9.17) is 14.2 Å². The topological polar surface area (TPSA) is 77.4 Å². The van der Waals surface area contributed by atoms with Crippen LogP contribution in [0.5, 0.6) is 11.5 Å². The molecule has 2 aromatic carbocycles. The monoisotopic (exact) mass is 518 g/mol. The van der Waals surface area contributed by atoms with Gasteiger partial charge in [0.1, 0.15) is 0 Å². The average Bonchev–Trinajstić information content (AvgIpc) is 3.03. The smallest absolute Gasteiger partial charge is 0.338 e. The summed E-state index contributed by atoms with van der Waals surface area (Å²) in [6.07, 6.45) is 1.78. The predicted octanol–water partition coefficient (Wildman–Crippen LogP) is 5.27. The van der Waals surface area contributed by atoms with Crippen LogP contribution in [0, 0.1) is 0 Å². The number of methoxy groups -OCH3 is 1. The first-order chi connectivity index (χ1) is 15.4. The summed E-state index contributed by atoms with van der Waals surface area (Å²) in [5, 5.41) is 0.513. The third-order valence-electron chi connectivity index (χ3n) is 4.42. The number of esters is 1. The molecule has 1 aliphatic heterocycles. The highest BCUT2D eigenvalue weighted by Crippen LogP contribution is 2.39. The maximum Gasteiger partial charge on any atom is 0.338 e. The SMILES string of the molecule is CCOC(=O)c1cccc(N=C2SC(=Cc3cc(Br)c(OCC)c(OC)c3)C(=O)N2C)c1. The Bertz CT molecular complexity index is 1100. The second-order valence-electron chi connectivity index (χ2n) is 6.61. The molecule has 0 aromatic heterocycles. The summed E-state index contributed by atoms with van der Waals surface area (Å²) in [5.74, 6) is 0.609. The summed E-state index contributed by atoms with van der Waals surface area (Å²) in [5.41, 5.74) is 1.75. The number of benzene rings is 2. The summed E-state index contributed by atoms with van der Waals surface area (Å²) >= 11 is 4.76. The van der Waals surface area contributed by atoms with E-state index in [1.165, 1.54) is 16.7 Å². The number of amidine groups is 1. The Hall–Kier alpha value is -2.78. The second kappa shape index (κ2) is 10.7. The molecule has 0 N–H and O–H groups in total. The van der Waals surface area contributed by atoms with Crippen LogP contribution in [-0.4, -0.2) is 49.3 Å². The molecule has 0 aliphatic carbocycles. The first-order valence-corrected chi connectivity index (χ1v) is 11.5. The molecule has 0 spiro atoms. The van der Waals surface area contributed by atoms with Gasteiger partial charge in [-0.25, -0.2) is 9.79 Å². The van der Waals surface area contributed by atoms with Crippen molar-refractivity contribution in [3.8, 4) is 11.5 Å². The molecule has 1 saturated heterocycles. The summed E-state index contributed by atoms with van der Waals surface area (Å²) in [7, 11) is 3.23. The van der Waals surface area contributed by atoms with E-state index in [9.17, 15) is 9.59 Å². The van der Waals surface area contributed by atoms with Crippen molar-refractivity contribution in [1.29, 1.82) is 0 Å². The molecule has 0 radical (unpaired) electrons. The third-order valence-corrected chi connectivity index (χ3v) is 6.07. The van der Waals surface area contributed by atoms with Crippen molar-refractivity contribution >= 4 is 56.5 Å². The van der Waals surface area contributed by atoms with Crippen LogP contribution in [0.25, 0.3) is 6.08 Å². The molecule has 0 bridgehead atoms. The lowest BCUT2D eigenvalue weighted by atomic mass is 10.2. The molecular formula is C23H23BrN2O5S. The number of rotatable bonds is 7. The van der Waals surface area contributed by atoms with Crippen molar-refractivity contribution in [3.05, 3.63) is 56.9 Å². The standard InChI is InChI=1S/C23H23BrN2O5S/c1-5-30-20-17(24)10-14(11-18(20)29-4)12-19-21(27)26(3)23(32-19)25-16-9-7-8-15(13-16)22(28)31-6-2/h7-13H,5-6H2,1-4H3. The molecule has 3 rings (SSSR count). The van der Waals surface area contributed by atoms with Crippen molar-refractivity contribution in [2.24, 2.45) is 4.99 Å². The largest absolute Gasteiger partial charge is 0.493 e. The first kappa shape index (κ1) is 23.9. The summed E-state index contributed by atoms with van der Waals surface area (Å²) in [6.45, 7) is 4.45. The maximum atomic E-state index is 12.8. The van der Waals surface area contributed by atoms with Gasteiger partial charge < -0.3 is 14.2 Å². The van der Waals surface area contributed by atoms with Crippen LogP contribution in [0.4, 0.5) is 5.69 Å². The zero-order chi connectivity index (χ0) is 23.3. The van der Waals surface area contributed by atoms with Crippen molar-refractivity contribution < 1.29 is 23.8 Å². The van der Waals surface area contributed by atoms with E-state index < -0.39 is 5.97 Å². The molecular weight excluding hydrogens is 496 g/mol. The molecule has 32 heavy (non-hydrogen) atoms. The highest BCUT2D eigenvalue weighted by molar-refractivity contribution is 9.10. The lowest BCUT2D eigenvalue weighted by Gasteiger charge is -2.12. The summed E-state index contributed by atoms with van der Waals surface area (Å²) in [4.78, 5) is 31.3. The van der Waals surface area contributed by atoms with Gasteiger partial charge in [0.05, 0.1) is 41.0 Å². The van der Waals surface area contributed by atoms with Gasteiger partial charge in [0.25, 0.3) is 5.91 Å². The van der Waals surface area contributed by atoms with Crippen molar-refractivity contribution in [2.75, 3.05) is 27.4 Å².